The lowest BCUT2D eigenvalue weighted by Crippen LogP contribution is -2.48. The highest BCUT2D eigenvalue weighted by molar-refractivity contribution is 7.18. The molecule has 0 bridgehead atoms. The number of amides is 2. The van der Waals surface area contributed by atoms with Crippen molar-refractivity contribution < 1.29 is 9.59 Å². The molecule has 0 radical (unpaired) electrons. The van der Waals surface area contributed by atoms with E-state index in [-0.39, 0.29) is 29.7 Å². The van der Waals surface area contributed by atoms with Crippen molar-refractivity contribution in [2.75, 3.05) is 18.4 Å². The molecule has 2 amide bonds. The van der Waals surface area contributed by atoms with E-state index < -0.39 is 0 Å². The van der Waals surface area contributed by atoms with Gasteiger partial charge in [-0.05, 0) is 30.5 Å². The maximum Gasteiger partial charge on any atom is 0.264 e. The highest BCUT2D eigenvalue weighted by atomic mass is 32.1. The summed E-state index contributed by atoms with van der Waals surface area (Å²) in [5.41, 5.74) is 7.20. The number of nitrogens with one attached hydrogen (secondary N) is 1. The molecule has 160 valence electrons. The first-order valence-electron chi connectivity index (χ1n) is 10.5. The average molecular weight is 453 g/mol. The van der Waals surface area contributed by atoms with Gasteiger partial charge in [0.15, 0.2) is 0 Å². The Bertz CT molecular complexity index is 1090. The largest absolute Gasteiger partial charge is 0.336 e. The molecule has 2 aromatic heterocycles. The van der Waals surface area contributed by atoms with E-state index in [4.69, 9.17) is 5.73 Å². The van der Waals surface area contributed by atoms with Gasteiger partial charge in [-0.1, -0.05) is 36.8 Å². The van der Waals surface area contributed by atoms with Gasteiger partial charge >= 0.3 is 0 Å². The molecule has 6 nitrogen and oxygen atoms in total. The van der Waals surface area contributed by atoms with Crippen LogP contribution in [0.4, 0.5) is 5.00 Å². The van der Waals surface area contributed by atoms with Crippen molar-refractivity contribution in [1.29, 1.82) is 0 Å². The van der Waals surface area contributed by atoms with E-state index in [0.717, 1.165) is 29.1 Å². The number of nitrogens with two attached hydrogens (primary N) is 1. The fourth-order valence-electron chi connectivity index (χ4n) is 4.22. The average Bonchev–Trinajstić information content (AvgIpc) is 3.48. The number of benzene rings is 1. The van der Waals surface area contributed by atoms with E-state index in [0.29, 0.717) is 23.0 Å². The van der Waals surface area contributed by atoms with Gasteiger partial charge in [0, 0.05) is 31.2 Å². The second-order valence-electron chi connectivity index (χ2n) is 8.19. The number of aromatic nitrogens is 1. The molecule has 5 rings (SSSR count). The van der Waals surface area contributed by atoms with Gasteiger partial charge in [-0.3, -0.25) is 9.59 Å². The number of rotatable bonds is 5. The summed E-state index contributed by atoms with van der Waals surface area (Å²) < 4.78 is 0. The maximum absolute atomic E-state index is 12.8. The van der Waals surface area contributed by atoms with Crippen LogP contribution < -0.4 is 11.1 Å². The summed E-state index contributed by atoms with van der Waals surface area (Å²) in [5, 5.41) is 4.72. The fraction of sp³-hybridized carbons (Fsp3) is 0.348. The molecule has 2 aliphatic rings. The summed E-state index contributed by atoms with van der Waals surface area (Å²) >= 11 is 3.03. The van der Waals surface area contributed by atoms with Crippen LogP contribution in [0.25, 0.3) is 10.4 Å². The molecule has 1 aliphatic carbocycles. The summed E-state index contributed by atoms with van der Waals surface area (Å²) in [7, 11) is 0. The van der Waals surface area contributed by atoms with Gasteiger partial charge in [-0.25, -0.2) is 4.98 Å². The van der Waals surface area contributed by atoms with Crippen LogP contribution in [0.2, 0.25) is 0 Å². The highest BCUT2D eigenvalue weighted by Gasteiger charge is 2.35. The molecule has 1 aromatic carbocycles. The number of hydrogen-bond donors (Lipinski definition) is 2. The molecule has 31 heavy (non-hydrogen) atoms. The zero-order chi connectivity index (χ0) is 21.4. The summed E-state index contributed by atoms with van der Waals surface area (Å²) in [6.45, 7) is 1.36. The highest BCUT2D eigenvalue weighted by Crippen LogP contribution is 2.36. The Balaban J connectivity index is 1.17. The molecule has 2 atom stereocenters. The molecule has 1 saturated carbocycles. The van der Waals surface area contributed by atoms with Crippen molar-refractivity contribution >= 4 is 39.5 Å². The van der Waals surface area contributed by atoms with Gasteiger partial charge in [-0.2, -0.15) is 0 Å². The van der Waals surface area contributed by atoms with Gasteiger partial charge in [0.1, 0.15) is 0 Å². The Labute approximate surface area is 189 Å². The molecule has 3 N–H and O–H groups in total. The van der Waals surface area contributed by atoms with Crippen molar-refractivity contribution in [2.45, 2.75) is 31.2 Å². The molecule has 2 fully saturated rings. The third kappa shape index (κ3) is 4.15. The van der Waals surface area contributed by atoms with Gasteiger partial charge in [0.2, 0.25) is 5.91 Å². The first-order valence-corrected chi connectivity index (χ1v) is 12.2. The van der Waals surface area contributed by atoms with Crippen LogP contribution in [-0.2, 0) is 4.79 Å². The molecule has 8 heteroatoms. The topological polar surface area (TPSA) is 88.3 Å². The van der Waals surface area contributed by atoms with Crippen LogP contribution in [0.1, 0.15) is 39.9 Å². The normalized spacial score (nSPS) is 21.1. The maximum atomic E-state index is 12.8. The molecular formula is C23H24N4O2S2. The third-order valence-corrected chi connectivity index (χ3v) is 8.27. The lowest BCUT2D eigenvalue weighted by molar-refractivity contribution is -0.120. The van der Waals surface area contributed by atoms with Crippen molar-refractivity contribution in [3.63, 3.8) is 0 Å². The van der Waals surface area contributed by atoms with Crippen molar-refractivity contribution in [3.8, 4) is 10.4 Å². The van der Waals surface area contributed by atoms with E-state index >= 15 is 0 Å². The lowest BCUT2D eigenvalue weighted by Gasteiger charge is -2.37. The Morgan fingerprint density at radius 1 is 1.06 bits per heavy atom. The summed E-state index contributed by atoms with van der Waals surface area (Å²) in [5.74, 6) is 0.137. The Morgan fingerprint density at radius 3 is 2.61 bits per heavy atom. The molecule has 3 heterocycles. The van der Waals surface area contributed by atoms with Crippen LogP contribution in [0.5, 0.6) is 0 Å². The standard InChI is InChI=1S/C23H24N4O2S2/c24-17-8-4-7-16(17)21(28)26-20-10-9-18(30-20)23(29)27-12-15(13-27)22-25-11-19(31-22)14-5-2-1-3-6-14/h1-3,5-6,9-11,15-17H,4,7-8,12-13,24H2,(H,26,28)/t16-,17+/m1/s1. The van der Waals surface area contributed by atoms with Crippen LogP contribution >= 0.6 is 22.7 Å². The number of thiophene rings is 1. The summed E-state index contributed by atoms with van der Waals surface area (Å²) in [4.78, 5) is 33.5. The van der Waals surface area contributed by atoms with Crippen molar-refractivity contribution in [3.05, 3.63) is 58.5 Å². The molecule has 0 unspecified atom stereocenters. The first-order chi connectivity index (χ1) is 15.1. The summed E-state index contributed by atoms with van der Waals surface area (Å²) in [6.07, 6.45) is 4.65. The molecular weight excluding hydrogens is 428 g/mol. The van der Waals surface area contributed by atoms with Crippen LogP contribution in [0.15, 0.2) is 48.7 Å². The van der Waals surface area contributed by atoms with Gasteiger partial charge < -0.3 is 16.0 Å². The van der Waals surface area contributed by atoms with E-state index in [9.17, 15) is 9.59 Å². The van der Waals surface area contributed by atoms with Crippen LogP contribution in [0, 0.1) is 5.92 Å². The second kappa shape index (κ2) is 8.53. The van der Waals surface area contributed by atoms with E-state index in [1.807, 2.05) is 29.3 Å². The fourth-order valence-corrected chi connectivity index (χ4v) is 6.10. The molecule has 1 aliphatic heterocycles. The van der Waals surface area contributed by atoms with Crippen molar-refractivity contribution in [1.82, 2.24) is 9.88 Å². The van der Waals surface area contributed by atoms with Crippen molar-refractivity contribution in [2.24, 2.45) is 11.7 Å². The second-order valence-corrected chi connectivity index (χ2v) is 10.3. The lowest BCUT2D eigenvalue weighted by atomic mass is 10.0. The Morgan fingerprint density at radius 2 is 1.87 bits per heavy atom. The predicted molar refractivity (Wildman–Crippen MR) is 124 cm³/mol. The van der Waals surface area contributed by atoms with Gasteiger partial charge in [-0.15, -0.1) is 22.7 Å². The summed E-state index contributed by atoms with van der Waals surface area (Å²) in [6, 6.07) is 13.8. The van der Waals surface area contributed by atoms with E-state index in [2.05, 4.69) is 22.4 Å². The smallest absolute Gasteiger partial charge is 0.264 e. The van der Waals surface area contributed by atoms with E-state index in [1.54, 1.807) is 23.5 Å². The van der Waals surface area contributed by atoms with Crippen LogP contribution in [-0.4, -0.2) is 40.8 Å². The van der Waals surface area contributed by atoms with Crippen LogP contribution in [0.3, 0.4) is 0 Å². The third-order valence-electron chi connectivity index (χ3n) is 6.07. The number of hydrogen-bond acceptors (Lipinski definition) is 6. The minimum Gasteiger partial charge on any atom is -0.336 e. The number of likely N-dealkylation sites (tertiary alicyclic amines) is 1. The zero-order valence-electron chi connectivity index (χ0n) is 17.0. The minimum absolute atomic E-state index is 0.0131. The molecule has 1 saturated heterocycles. The minimum atomic E-state index is -0.128. The van der Waals surface area contributed by atoms with Gasteiger partial charge in [0.05, 0.1) is 25.7 Å². The molecule has 3 aromatic rings. The number of nitrogens with zero attached hydrogens (tertiary/aromatic N) is 2. The Kier molecular flexibility index (Phi) is 5.60. The number of thiazole rings is 1. The predicted octanol–water partition coefficient (Wildman–Crippen LogP) is 4.18. The molecule has 0 spiro atoms. The Hall–Kier alpha value is -2.55. The number of carbonyl (C=O) groups excluding carboxylic acids is 2. The zero-order valence-corrected chi connectivity index (χ0v) is 18.6. The number of carbonyl (C=O) groups is 2. The quantitative estimate of drug-likeness (QED) is 0.608. The number of anilines is 1. The van der Waals surface area contributed by atoms with Gasteiger partial charge in [0.25, 0.3) is 5.91 Å². The van der Waals surface area contributed by atoms with E-state index in [1.165, 1.54) is 16.9 Å². The SMILES string of the molecule is N[C@H]1CCC[C@H]1C(=O)Nc1ccc(C(=O)N2CC(c3ncc(-c4ccccc4)s3)C2)s1. The first kappa shape index (κ1) is 20.4. The monoisotopic (exact) mass is 452 g/mol.